The minimum Gasteiger partial charge on any atom is -0.350 e. The monoisotopic (exact) mass is 488 g/mol. The Kier molecular flexibility index (Phi) is 8.57. The van der Waals surface area contributed by atoms with Crippen molar-refractivity contribution < 1.29 is 9.59 Å². The second kappa shape index (κ2) is 11.4. The van der Waals surface area contributed by atoms with Gasteiger partial charge in [0.15, 0.2) is 0 Å². The molecule has 1 N–H and O–H groups in total. The van der Waals surface area contributed by atoms with Gasteiger partial charge >= 0.3 is 0 Å². The fourth-order valence-corrected chi connectivity index (χ4v) is 3.67. The summed E-state index contributed by atoms with van der Waals surface area (Å²) >= 11 is 18.1. The molecule has 0 unspecified atom stereocenters. The standard InChI is InChI=1S/C25H23Cl3N2O2/c1-17(25(32)29-15-20-4-2-3-5-23(20)28)30(16-19-8-12-22(27)13-9-19)24(31)14-18-6-10-21(26)11-7-18/h2-13,17H,14-16H2,1H3,(H,29,32)/t17-/m1/s1. The molecule has 0 saturated carbocycles. The molecule has 4 nitrogen and oxygen atoms in total. The Labute approximate surface area is 203 Å². The number of halogens is 3. The average molecular weight is 490 g/mol. The molecule has 0 spiro atoms. The molecule has 0 aliphatic carbocycles. The van der Waals surface area contributed by atoms with Gasteiger partial charge in [0.05, 0.1) is 6.42 Å². The van der Waals surface area contributed by atoms with Gasteiger partial charge in [0.2, 0.25) is 11.8 Å². The molecule has 0 fully saturated rings. The molecular weight excluding hydrogens is 467 g/mol. The summed E-state index contributed by atoms with van der Waals surface area (Å²) in [4.78, 5) is 27.7. The minimum absolute atomic E-state index is 0.160. The van der Waals surface area contributed by atoms with Crippen LogP contribution in [0, 0.1) is 0 Å². The van der Waals surface area contributed by atoms with Gasteiger partial charge in [0.1, 0.15) is 6.04 Å². The van der Waals surface area contributed by atoms with Crippen molar-refractivity contribution in [2.75, 3.05) is 0 Å². The first kappa shape index (κ1) is 24.1. The molecule has 2 amide bonds. The maximum absolute atomic E-state index is 13.2. The molecular formula is C25H23Cl3N2O2. The molecule has 0 saturated heterocycles. The number of nitrogens with one attached hydrogen (secondary N) is 1. The molecule has 0 aromatic heterocycles. The van der Waals surface area contributed by atoms with Crippen LogP contribution >= 0.6 is 34.8 Å². The Bertz CT molecular complexity index is 1070. The Morgan fingerprint density at radius 1 is 0.844 bits per heavy atom. The lowest BCUT2D eigenvalue weighted by molar-refractivity contribution is -0.140. The Morgan fingerprint density at radius 3 is 2.00 bits per heavy atom. The van der Waals surface area contributed by atoms with Crippen molar-refractivity contribution in [3.05, 3.63) is 105 Å². The van der Waals surface area contributed by atoms with E-state index in [9.17, 15) is 9.59 Å². The van der Waals surface area contributed by atoms with Crippen LogP contribution in [0.4, 0.5) is 0 Å². The van der Waals surface area contributed by atoms with Gasteiger partial charge in [0.25, 0.3) is 0 Å². The Hall–Kier alpha value is -2.53. The molecule has 0 aliphatic heterocycles. The van der Waals surface area contributed by atoms with Crippen LogP contribution in [0.15, 0.2) is 72.8 Å². The second-order valence-electron chi connectivity index (χ2n) is 7.44. The zero-order valence-corrected chi connectivity index (χ0v) is 19.8. The second-order valence-corrected chi connectivity index (χ2v) is 8.72. The van der Waals surface area contributed by atoms with E-state index < -0.39 is 6.04 Å². The number of nitrogens with zero attached hydrogens (tertiary/aromatic N) is 1. The number of carbonyl (C=O) groups excluding carboxylic acids is 2. The highest BCUT2D eigenvalue weighted by Gasteiger charge is 2.26. The van der Waals surface area contributed by atoms with Crippen LogP contribution in [0.3, 0.4) is 0 Å². The van der Waals surface area contributed by atoms with Crippen molar-refractivity contribution in [2.45, 2.75) is 32.5 Å². The van der Waals surface area contributed by atoms with Gasteiger partial charge in [-0.25, -0.2) is 0 Å². The number of benzene rings is 3. The van der Waals surface area contributed by atoms with Crippen molar-refractivity contribution in [1.29, 1.82) is 0 Å². The molecule has 0 heterocycles. The Balaban J connectivity index is 1.75. The highest BCUT2D eigenvalue weighted by Crippen LogP contribution is 2.17. The lowest BCUT2D eigenvalue weighted by Crippen LogP contribution is -2.48. The van der Waals surface area contributed by atoms with E-state index in [2.05, 4.69) is 5.32 Å². The highest BCUT2D eigenvalue weighted by atomic mass is 35.5. The molecule has 0 aliphatic rings. The normalized spacial score (nSPS) is 11.6. The SMILES string of the molecule is C[C@H](C(=O)NCc1ccccc1Cl)N(Cc1ccc(Cl)cc1)C(=O)Cc1ccc(Cl)cc1. The van der Waals surface area contributed by atoms with Crippen molar-refractivity contribution in [1.82, 2.24) is 10.2 Å². The van der Waals surface area contributed by atoms with Crippen LogP contribution in [-0.4, -0.2) is 22.8 Å². The van der Waals surface area contributed by atoms with Crippen molar-refractivity contribution >= 4 is 46.6 Å². The summed E-state index contributed by atoms with van der Waals surface area (Å²) in [6.45, 7) is 2.28. The van der Waals surface area contributed by atoms with E-state index >= 15 is 0 Å². The third-order valence-electron chi connectivity index (χ3n) is 5.11. The summed E-state index contributed by atoms with van der Waals surface area (Å²) < 4.78 is 0. The van der Waals surface area contributed by atoms with Gasteiger partial charge in [-0.1, -0.05) is 77.3 Å². The summed E-state index contributed by atoms with van der Waals surface area (Å²) in [5.41, 5.74) is 2.51. The third-order valence-corrected chi connectivity index (χ3v) is 5.99. The molecule has 32 heavy (non-hydrogen) atoms. The summed E-state index contributed by atoms with van der Waals surface area (Å²) in [5, 5.41) is 4.68. The fraction of sp³-hybridized carbons (Fsp3) is 0.200. The first-order chi connectivity index (χ1) is 15.3. The van der Waals surface area contributed by atoms with Crippen LogP contribution in [0.2, 0.25) is 15.1 Å². The van der Waals surface area contributed by atoms with Crippen LogP contribution in [0.1, 0.15) is 23.6 Å². The topological polar surface area (TPSA) is 49.4 Å². The summed E-state index contributed by atoms with van der Waals surface area (Å²) in [7, 11) is 0. The summed E-state index contributed by atoms with van der Waals surface area (Å²) in [6.07, 6.45) is 0.160. The third kappa shape index (κ3) is 6.73. The van der Waals surface area contributed by atoms with Gasteiger partial charge in [-0.05, 0) is 53.9 Å². The number of amides is 2. The van der Waals surface area contributed by atoms with Gasteiger partial charge in [0, 0.05) is 28.2 Å². The van der Waals surface area contributed by atoms with E-state index in [4.69, 9.17) is 34.8 Å². The molecule has 7 heteroatoms. The van der Waals surface area contributed by atoms with E-state index in [1.165, 1.54) is 0 Å². The highest BCUT2D eigenvalue weighted by molar-refractivity contribution is 6.31. The smallest absolute Gasteiger partial charge is 0.242 e. The van der Waals surface area contributed by atoms with Crippen molar-refractivity contribution in [2.24, 2.45) is 0 Å². The number of hydrogen-bond acceptors (Lipinski definition) is 2. The summed E-state index contributed by atoms with van der Waals surface area (Å²) in [5.74, 6) is -0.425. The van der Waals surface area contributed by atoms with Crippen LogP contribution in [-0.2, 0) is 29.1 Å². The van der Waals surface area contributed by atoms with Gasteiger partial charge in [-0.2, -0.15) is 0 Å². The van der Waals surface area contributed by atoms with E-state index in [-0.39, 0.29) is 31.3 Å². The van der Waals surface area contributed by atoms with Gasteiger partial charge < -0.3 is 10.2 Å². The predicted molar refractivity (Wildman–Crippen MR) is 130 cm³/mol. The maximum Gasteiger partial charge on any atom is 0.242 e. The minimum atomic E-state index is -0.687. The molecule has 1 atom stereocenters. The average Bonchev–Trinajstić information content (AvgIpc) is 2.79. The maximum atomic E-state index is 13.2. The van der Waals surface area contributed by atoms with E-state index in [1.807, 2.05) is 42.5 Å². The molecule has 166 valence electrons. The lowest BCUT2D eigenvalue weighted by atomic mass is 10.1. The van der Waals surface area contributed by atoms with Crippen molar-refractivity contribution in [3.63, 3.8) is 0 Å². The number of carbonyl (C=O) groups is 2. The fourth-order valence-electron chi connectivity index (χ4n) is 3.22. The first-order valence-corrected chi connectivity index (χ1v) is 11.3. The molecule has 3 rings (SSSR count). The number of rotatable bonds is 8. The molecule has 3 aromatic carbocycles. The lowest BCUT2D eigenvalue weighted by Gasteiger charge is -2.29. The van der Waals surface area contributed by atoms with E-state index in [1.54, 1.807) is 42.2 Å². The predicted octanol–water partition coefficient (Wildman–Crippen LogP) is 5.92. The number of hydrogen-bond donors (Lipinski definition) is 1. The van der Waals surface area contributed by atoms with Crippen molar-refractivity contribution in [3.8, 4) is 0 Å². The summed E-state index contributed by atoms with van der Waals surface area (Å²) in [6, 6.07) is 21.0. The zero-order valence-electron chi connectivity index (χ0n) is 17.5. The first-order valence-electron chi connectivity index (χ1n) is 10.1. The van der Waals surface area contributed by atoms with Crippen LogP contribution in [0.25, 0.3) is 0 Å². The van der Waals surface area contributed by atoms with E-state index in [0.717, 1.165) is 16.7 Å². The molecule has 3 aromatic rings. The Morgan fingerprint density at radius 2 is 1.41 bits per heavy atom. The van der Waals surface area contributed by atoms with Gasteiger partial charge in [-0.3, -0.25) is 9.59 Å². The molecule has 0 bridgehead atoms. The quantitative estimate of drug-likeness (QED) is 0.427. The van der Waals surface area contributed by atoms with Gasteiger partial charge in [-0.15, -0.1) is 0 Å². The van der Waals surface area contributed by atoms with E-state index in [0.29, 0.717) is 15.1 Å². The van der Waals surface area contributed by atoms with Crippen LogP contribution < -0.4 is 5.32 Å². The largest absolute Gasteiger partial charge is 0.350 e. The zero-order chi connectivity index (χ0) is 23.1. The van der Waals surface area contributed by atoms with Crippen LogP contribution in [0.5, 0.6) is 0 Å². The molecule has 0 radical (unpaired) electrons.